The number of aryl methyl sites for hydroxylation is 1. The second-order valence-electron chi connectivity index (χ2n) is 3.74. The van der Waals surface area contributed by atoms with Gasteiger partial charge in [0.1, 0.15) is 5.76 Å². The number of halogens is 1. The Morgan fingerprint density at radius 1 is 1.32 bits per heavy atom. The van der Waals surface area contributed by atoms with Gasteiger partial charge in [-0.25, -0.2) is 8.42 Å². The highest BCUT2D eigenvalue weighted by molar-refractivity contribution is 8.13. The molecule has 0 radical (unpaired) electrons. The summed E-state index contributed by atoms with van der Waals surface area (Å²) in [4.78, 5) is 11.7. The first-order valence-electron chi connectivity index (χ1n) is 5.15. The van der Waals surface area contributed by atoms with Gasteiger partial charge in [0, 0.05) is 22.4 Å². The molecule has 19 heavy (non-hydrogen) atoms. The molecule has 0 bridgehead atoms. The molecular formula is C11H9ClN2O4S. The topological polar surface area (TPSA) is 89.3 Å². The second-order valence-corrected chi connectivity index (χ2v) is 6.31. The monoisotopic (exact) mass is 300 g/mol. The summed E-state index contributed by atoms with van der Waals surface area (Å²) in [5.41, 5.74) is 0.571. The van der Waals surface area contributed by atoms with Crippen LogP contribution in [0.1, 0.15) is 16.2 Å². The zero-order valence-electron chi connectivity index (χ0n) is 9.75. The lowest BCUT2D eigenvalue weighted by Gasteiger charge is -2.03. The normalized spacial score (nSPS) is 11.3. The predicted molar refractivity (Wildman–Crippen MR) is 68.7 cm³/mol. The lowest BCUT2D eigenvalue weighted by atomic mass is 10.3. The van der Waals surface area contributed by atoms with Gasteiger partial charge in [0.05, 0.1) is 4.90 Å². The molecule has 0 unspecified atom stereocenters. The van der Waals surface area contributed by atoms with Crippen LogP contribution in [0.25, 0.3) is 0 Å². The number of carbonyl (C=O) groups is 1. The molecule has 1 N–H and O–H groups in total. The zero-order chi connectivity index (χ0) is 14.0. The van der Waals surface area contributed by atoms with Crippen LogP contribution in [0.4, 0.5) is 5.69 Å². The third-order valence-corrected chi connectivity index (χ3v) is 3.62. The lowest BCUT2D eigenvalue weighted by Crippen LogP contribution is -2.12. The molecule has 0 aliphatic heterocycles. The first-order valence-corrected chi connectivity index (χ1v) is 7.46. The van der Waals surface area contributed by atoms with Crippen LogP contribution in [0.3, 0.4) is 0 Å². The molecule has 0 atom stereocenters. The molecule has 2 aromatic rings. The van der Waals surface area contributed by atoms with E-state index in [-0.39, 0.29) is 10.6 Å². The van der Waals surface area contributed by atoms with E-state index in [2.05, 4.69) is 10.5 Å². The minimum absolute atomic E-state index is 0.0375. The molecule has 0 fully saturated rings. The fourth-order valence-electron chi connectivity index (χ4n) is 1.37. The zero-order valence-corrected chi connectivity index (χ0v) is 11.3. The Hall–Kier alpha value is -1.86. The predicted octanol–water partition coefficient (Wildman–Crippen LogP) is 2.16. The summed E-state index contributed by atoms with van der Waals surface area (Å²) in [6, 6.07) is 6.95. The van der Waals surface area contributed by atoms with E-state index >= 15 is 0 Å². The van der Waals surface area contributed by atoms with Gasteiger partial charge in [0.2, 0.25) is 0 Å². The fourth-order valence-corrected chi connectivity index (χ4v) is 2.14. The average Bonchev–Trinajstić information content (AvgIpc) is 2.75. The van der Waals surface area contributed by atoms with E-state index in [0.717, 1.165) is 0 Å². The number of nitrogens with one attached hydrogen (secondary N) is 1. The van der Waals surface area contributed by atoms with Crippen molar-refractivity contribution < 1.29 is 17.7 Å². The van der Waals surface area contributed by atoms with Gasteiger partial charge in [-0.2, -0.15) is 0 Å². The summed E-state index contributed by atoms with van der Waals surface area (Å²) in [5.74, 6) is 0.0760. The first kappa shape index (κ1) is 13.6. The number of hydrogen-bond donors (Lipinski definition) is 1. The van der Waals surface area contributed by atoms with Gasteiger partial charge in [-0.05, 0) is 31.2 Å². The summed E-state index contributed by atoms with van der Waals surface area (Å²) in [6.07, 6.45) is 0. The van der Waals surface area contributed by atoms with E-state index in [4.69, 9.17) is 15.2 Å². The van der Waals surface area contributed by atoms with E-state index in [1.54, 1.807) is 6.92 Å². The number of hydrogen-bond acceptors (Lipinski definition) is 5. The van der Waals surface area contributed by atoms with Crippen LogP contribution in [0.15, 0.2) is 39.8 Å². The molecule has 0 spiro atoms. The van der Waals surface area contributed by atoms with E-state index < -0.39 is 15.0 Å². The van der Waals surface area contributed by atoms with Crippen molar-refractivity contribution in [2.75, 3.05) is 5.32 Å². The molecule has 0 aliphatic rings. The Morgan fingerprint density at radius 3 is 2.42 bits per heavy atom. The van der Waals surface area contributed by atoms with Gasteiger partial charge in [-0.3, -0.25) is 4.79 Å². The molecule has 0 saturated carbocycles. The SMILES string of the molecule is Cc1cc(C(=O)Nc2ccc(S(=O)(=O)Cl)cc2)no1. The Kier molecular flexibility index (Phi) is 3.59. The molecule has 1 aromatic carbocycles. The Morgan fingerprint density at radius 2 is 1.95 bits per heavy atom. The third kappa shape index (κ3) is 3.33. The van der Waals surface area contributed by atoms with Crippen molar-refractivity contribution in [1.29, 1.82) is 0 Å². The van der Waals surface area contributed by atoms with Gasteiger partial charge in [-0.15, -0.1) is 0 Å². The van der Waals surface area contributed by atoms with Crippen LogP contribution in [0, 0.1) is 6.92 Å². The number of amides is 1. The van der Waals surface area contributed by atoms with E-state index in [1.807, 2.05) is 0 Å². The van der Waals surface area contributed by atoms with Crippen LogP contribution in [0.2, 0.25) is 0 Å². The maximum Gasteiger partial charge on any atom is 0.277 e. The van der Waals surface area contributed by atoms with Gasteiger partial charge in [0.15, 0.2) is 5.69 Å². The molecule has 1 aromatic heterocycles. The van der Waals surface area contributed by atoms with E-state index in [0.29, 0.717) is 11.4 Å². The number of benzene rings is 1. The van der Waals surface area contributed by atoms with Gasteiger partial charge < -0.3 is 9.84 Å². The van der Waals surface area contributed by atoms with Crippen LogP contribution >= 0.6 is 10.7 Å². The molecule has 0 saturated heterocycles. The number of anilines is 1. The maximum atomic E-state index is 11.7. The smallest absolute Gasteiger partial charge is 0.277 e. The van der Waals surface area contributed by atoms with Crippen LogP contribution in [0.5, 0.6) is 0 Å². The van der Waals surface area contributed by atoms with E-state index in [1.165, 1.54) is 30.3 Å². The van der Waals surface area contributed by atoms with Crippen molar-refractivity contribution in [1.82, 2.24) is 5.16 Å². The molecule has 1 amide bonds. The Balaban J connectivity index is 2.14. The standard InChI is InChI=1S/C11H9ClN2O4S/c1-7-6-10(14-18-7)11(15)13-8-2-4-9(5-3-8)19(12,16)17/h2-6H,1H3,(H,13,15). The summed E-state index contributed by atoms with van der Waals surface area (Å²) in [7, 11) is 1.41. The average molecular weight is 301 g/mol. The van der Waals surface area contributed by atoms with Crippen molar-refractivity contribution >= 4 is 31.3 Å². The van der Waals surface area contributed by atoms with Crippen LogP contribution in [-0.4, -0.2) is 19.5 Å². The highest BCUT2D eigenvalue weighted by atomic mass is 35.7. The Labute approximate surface area is 113 Å². The van der Waals surface area contributed by atoms with Crippen molar-refractivity contribution in [3.63, 3.8) is 0 Å². The molecule has 6 nitrogen and oxygen atoms in total. The first-order chi connectivity index (χ1) is 8.86. The molecule has 1 heterocycles. The maximum absolute atomic E-state index is 11.7. The quantitative estimate of drug-likeness (QED) is 0.877. The second kappa shape index (κ2) is 5.02. The highest BCUT2D eigenvalue weighted by Gasteiger charge is 2.12. The number of carbonyl (C=O) groups excluding carboxylic acids is 1. The molecular weight excluding hydrogens is 292 g/mol. The summed E-state index contributed by atoms with van der Waals surface area (Å²) in [6.45, 7) is 1.67. The molecule has 2 rings (SSSR count). The molecule has 0 aliphatic carbocycles. The largest absolute Gasteiger partial charge is 0.361 e. The minimum atomic E-state index is -3.76. The van der Waals surface area contributed by atoms with Crippen molar-refractivity contribution in [2.45, 2.75) is 11.8 Å². The molecule has 100 valence electrons. The van der Waals surface area contributed by atoms with Crippen LogP contribution in [-0.2, 0) is 9.05 Å². The number of rotatable bonds is 3. The van der Waals surface area contributed by atoms with Crippen LogP contribution < -0.4 is 5.32 Å². The van der Waals surface area contributed by atoms with Gasteiger partial charge in [-0.1, -0.05) is 5.16 Å². The Bertz CT molecular complexity index is 707. The summed E-state index contributed by atoms with van der Waals surface area (Å²) < 4.78 is 26.9. The van der Waals surface area contributed by atoms with Crippen molar-refractivity contribution in [3.8, 4) is 0 Å². The van der Waals surface area contributed by atoms with Gasteiger partial charge in [0.25, 0.3) is 15.0 Å². The summed E-state index contributed by atoms with van der Waals surface area (Å²) in [5, 5.41) is 6.12. The number of aromatic nitrogens is 1. The highest BCUT2D eigenvalue weighted by Crippen LogP contribution is 2.18. The fraction of sp³-hybridized carbons (Fsp3) is 0.0909. The lowest BCUT2D eigenvalue weighted by molar-refractivity contribution is 0.101. The third-order valence-electron chi connectivity index (χ3n) is 2.25. The van der Waals surface area contributed by atoms with Crippen molar-refractivity contribution in [2.24, 2.45) is 0 Å². The molecule has 8 heteroatoms. The summed E-state index contributed by atoms with van der Waals surface area (Å²) >= 11 is 0. The van der Waals surface area contributed by atoms with Crippen molar-refractivity contribution in [3.05, 3.63) is 41.8 Å². The van der Waals surface area contributed by atoms with Gasteiger partial charge >= 0.3 is 0 Å². The van der Waals surface area contributed by atoms with E-state index in [9.17, 15) is 13.2 Å². The number of nitrogens with zero attached hydrogens (tertiary/aromatic N) is 1. The minimum Gasteiger partial charge on any atom is -0.361 e.